The molecule has 0 spiro atoms. The molecule has 0 amide bonds. The maximum absolute atomic E-state index is 11.0. The Morgan fingerprint density at radius 3 is 2.26 bits per heavy atom. The van der Waals surface area contributed by atoms with Crippen LogP contribution < -0.4 is 0 Å². The molecule has 0 bridgehead atoms. The van der Waals surface area contributed by atoms with Crippen molar-refractivity contribution in [3.8, 4) is 0 Å². The van der Waals surface area contributed by atoms with Crippen molar-refractivity contribution in [3.63, 3.8) is 0 Å². The first-order valence-corrected chi connectivity index (χ1v) is 7.06. The molecule has 3 nitrogen and oxygen atoms in total. The molecule has 1 N–H and O–H groups in total. The van der Waals surface area contributed by atoms with Crippen molar-refractivity contribution in [2.24, 2.45) is 5.92 Å². The van der Waals surface area contributed by atoms with Crippen molar-refractivity contribution in [2.45, 2.75) is 39.7 Å². The first kappa shape index (κ1) is 15.7. The van der Waals surface area contributed by atoms with Gasteiger partial charge in [-0.25, -0.2) is 0 Å². The molecule has 0 saturated heterocycles. The summed E-state index contributed by atoms with van der Waals surface area (Å²) in [5.41, 5.74) is 2.61. The highest BCUT2D eigenvalue weighted by Crippen LogP contribution is 2.11. The molecule has 0 saturated carbocycles. The first-order valence-electron chi connectivity index (χ1n) is 7.06. The summed E-state index contributed by atoms with van der Waals surface area (Å²) < 4.78 is 0. The minimum atomic E-state index is -0.701. The lowest BCUT2D eigenvalue weighted by Gasteiger charge is -2.20. The molecule has 1 aromatic rings. The third-order valence-electron chi connectivity index (χ3n) is 3.39. The van der Waals surface area contributed by atoms with Gasteiger partial charge in [0.1, 0.15) is 0 Å². The smallest absolute Gasteiger partial charge is 0.307 e. The predicted molar refractivity (Wildman–Crippen MR) is 78.2 cm³/mol. The van der Waals surface area contributed by atoms with Gasteiger partial charge in [-0.1, -0.05) is 44.5 Å². The second kappa shape index (κ2) is 7.95. The number of nitrogens with zero attached hydrogens (tertiary/aromatic N) is 1. The monoisotopic (exact) mass is 263 g/mol. The van der Waals surface area contributed by atoms with Crippen molar-refractivity contribution in [2.75, 3.05) is 13.6 Å². The van der Waals surface area contributed by atoms with Gasteiger partial charge in [-0.3, -0.25) is 4.79 Å². The molecule has 0 aliphatic rings. The molecular weight excluding hydrogens is 238 g/mol. The molecule has 0 heterocycles. The summed E-state index contributed by atoms with van der Waals surface area (Å²) in [6.45, 7) is 5.50. The standard InChI is InChI=1S/C16H25NO2/c1-4-6-13-7-9-14(10-8-13)11-17(3)12-15(5-2)16(18)19/h7-10,15H,4-6,11-12H2,1-3H3,(H,18,19). The van der Waals surface area contributed by atoms with Crippen LogP contribution in [0.15, 0.2) is 24.3 Å². The Balaban J connectivity index is 2.51. The second-order valence-corrected chi connectivity index (χ2v) is 5.21. The van der Waals surface area contributed by atoms with E-state index in [4.69, 9.17) is 5.11 Å². The van der Waals surface area contributed by atoms with Gasteiger partial charge < -0.3 is 10.0 Å². The van der Waals surface area contributed by atoms with Crippen LogP contribution >= 0.6 is 0 Å². The SMILES string of the molecule is CCCc1ccc(CN(C)CC(CC)C(=O)O)cc1. The van der Waals surface area contributed by atoms with Gasteiger partial charge in [0.15, 0.2) is 0 Å². The van der Waals surface area contributed by atoms with E-state index < -0.39 is 5.97 Å². The lowest BCUT2D eigenvalue weighted by atomic mass is 10.1. The minimum absolute atomic E-state index is 0.274. The molecule has 0 radical (unpaired) electrons. The van der Waals surface area contributed by atoms with Gasteiger partial charge in [0.05, 0.1) is 5.92 Å². The van der Waals surface area contributed by atoms with E-state index in [-0.39, 0.29) is 5.92 Å². The number of aliphatic carboxylic acids is 1. The Morgan fingerprint density at radius 1 is 1.21 bits per heavy atom. The fourth-order valence-electron chi connectivity index (χ4n) is 2.23. The van der Waals surface area contributed by atoms with E-state index in [0.717, 1.165) is 19.4 Å². The van der Waals surface area contributed by atoms with Crippen LogP contribution in [0.4, 0.5) is 0 Å². The summed E-state index contributed by atoms with van der Waals surface area (Å²) in [4.78, 5) is 13.1. The molecule has 1 unspecified atom stereocenters. The fraction of sp³-hybridized carbons (Fsp3) is 0.562. The van der Waals surface area contributed by atoms with Gasteiger partial charge in [0.2, 0.25) is 0 Å². The van der Waals surface area contributed by atoms with Crippen molar-refractivity contribution in [3.05, 3.63) is 35.4 Å². The summed E-state index contributed by atoms with van der Waals surface area (Å²) in [5, 5.41) is 9.06. The maximum Gasteiger partial charge on any atom is 0.307 e. The Bertz CT molecular complexity index is 386. The van der Waals surface area contributed by atoms with E-state index >= 15 is 0 Å². The summed E-state index contributed by atoms with van der Waals surface area (Å²) in [5.74, 6) is -0.975. The fourth-order valence-corrected chi connectivity index (χ4v) is 2.23. The maximum atomic E-state index is 11.0. The van der Waals surface area contributed by atoms with E-state index in [1.165, 1.54) is 11.1 Å². The lowest BCUT2D eigenvalue weighted by molar-refractivity contribution is -0.142. The Morgan fingerprint density at radius 2 is 1.79 bits per heavy atom. The van der Waals surface area contributed by atoms with Gasteiger partial charge in [0.25, 0.3) is 0 Å². The lowest BCUT2D eigenvalue weighted by Crippen LogP contribution is -2.29. The molecule has 0 fully saturated rings. The molecule has 1 rings (SSSR count). The number of carbonyl (C=O) groups is 1. The molecular formula is C16H25NO2. The average molecular weight is 263 g/mol. The molecule has 1 aromatic carbocycles. The third kappa shape index (κ3) is 5.43. The molecule has 0 aliphatic heterocycles. The topological polar surface area (TPSA) is 40.5 Å². The molecule has 0 aromatic heterocycles. The summed E-state index contributed by atoms with van der Waals surface area (Å²) in [6.07, 6.45) is 2.96. The minimum Gasteiger partial charge on any atom is -0.481 e. The number of hydrogen-bond donors (Lipinski definition) is 1. The summed E-state index contributed by atoms with van der Waals surface area (Å²) >= 11 is 0. The van der Waals surface area contributed by atoms with Crippen LogP contribution in [-0.4, -0.2) is 29.6 Å². The average Bonchev–Trinajstić information content (AvgIpc) is 2.38. The Hall–Kier alpha value is -1.35. The quantitative estimate of drug-likeness (QED) is 0.783. The zero-order chi connectivity index (χ0) is 14.3. The van der Waals surface area contributed by atoms with Crippen molar-refractivity contribution in [1.82, 2.24) is 4.90 Å². The van der Waals surface area contributed by atoms with E-state index in [1.54, 1.807) is 0 Å². The number of hydrogen-bond acceptors (Lipinski definition) is 2. The number of carboxylic acid groups (broad SMARTS) is 1. The van der Waals surface area contributed by atoms with Crippen LogP contribution in [0, 0.1) is 5.92 Å². The number of aryl methyl sites for hydroxylation is 1. The highest BCUT2D eigenvalue weighted by atomic mass is 16.4. The largest absolute Gasteiger partial charge is 0.481 e. The molecule has 3 heteroatoms. The highest BCUT2D eigenvalue weighted by molar-refractivity contribution is 5.70. The second-order valence-electron chi connectivity index (χ2n) is 5.21. The number of benzene rings is 1. The van der Waals surface area contributed by atoms with E-state index in [2.05, 4.69) is 36.1 Å². The van der Waals surface area contributed by atoms with Crippen molar-refractivity contribution < 1.29 is 9.90 Å². The predicted octanol–water partition coefficient (Wildman–Crippen LogP) is 3.18. The van der Waals surface area contributed by atoms with Crippen molar-refractivity contribution >= 4 is 5.97 Å². The van der Waals surface area contributed by atoms with Gasteiger partial charge >= 0.3 is 5.97 Å². The number of carboxylic acids is 1. The Kier molecular flexibility index (Phi) is 6.57. The third-order valence-corrected chi connectivity index (χ3v) is 3.39. The van der Waals surface area contributed by atoms with Gasteiger partial charge in [0, 0.05) is 13.1 Å². The van der Waals surface area contributed by atoms with Crippen LogP contribution in [0.3, 0.4) is 0 Å². The van der Waals surface area contributed by atoms with Crippen LogP contribution in [0.2, 0.25) is 0 Å². The van der Waals surface area contributed by atoms with Crippen LogP contribution in [0.1, 0.15) is 37.8 Å². The number of rotatable bonds is 8. The summed E-state index contributed by atoms with van der Waals surface area (Å²) in [6, 6.07) is 8.62. The van der Waals surface area contributed by atoms with E-state index in [1.807, 2.05) is 14.0 Å². The molecule has 0 aliphatic carbocycles. The molecule has 106 valence electrons. The first-order chi connectivity index (χ1) is 9.06. The van der Waals surface area contributed by atoms with Crippen LogP contribution in [0.5, 0.6) is 0 Å². The zero-order valence-corrected chi connectivity index (χ0v) is 12.2. The molecule has 1 atom stereocenters. The van der Waals surface area contributed by atoms with Gasteiger partial charge in [-0.15, -0.1) is 0 Å². The molecule has 19 heavy (non-hydrogen) atoms. The highest BCUT2D eigenvalue weighted by Gasteiger charge is 2.17. The van der Waals surface area contributed by atoms with E-state index in [9.17, 15) is 4.79 Å². The Labute approximate surface area is 116 Å². The van der Waals surface area contributed by atoms with Crippen LogP contribution in [0.25, 0.3) is 0 Å². The van der Waals surface area contributed by atoms with E-state index in [0.29, 0.717) is 13.0 Å². The van der Waals surface area contributed by atoms with Gasteiger partial charge in [-0.2, -0.15) is 0 Å². The summed E-state index contributed by atoms with van der Waals surface area (Å²) in [7, 11) is 1.98. The van der Waals surface area contributed by atoms with Gasteiger partial charge in [-0.05, 0) is 31.0 Å². The van der Waals surface area contributed by atoms with Crippen molar-refractivity contribution in [1.29, 1.82) is 0 Å². The zero-order valence-electron chi connectivity index (χ0n) is 12.2. The van der Waals surface area contributed by atoms with Crippen LogP contribution in [-0.2, 0) is 17.8 Å². The normalized spacial score (nSPS) is 12.6.